The predicted octanol–water partition coefficient (Wildman–Crippen LogP) is 1.86. The summed E-state index contributed by atoms with van der Waals surface area (Å²) in [6.07, 6.45) is 3.90. The Balaban J connectivity index is 2.03. The molecular weight excluding hydrogens is 192 g/mol. The zero-order valence-corrected chi connectivity index (χ0v) is 10.3. The zero-order valence-electron chi connectivity index (χ0n) is 9.51. The van der Waals surface area contributed by atoms with Crippen LogP contribution in [0.15, 0.2) is 0 Å². The second kappa shape index (κ2) is 7.55. The maximum Gasteiger partial charge on any atom is 0.00937 e. The van der Waals surface area contributed by atoms with Crippen molar-refractivity contribution in [3.8, 4) is 0 Å². The van der Waals surface area contributed by atoms with Crippen LogP contribution in [-0.4, -0.2) is 36.7 Å². The summed E-state index contributed by atoms with van der Waals surface area (Å²) in [5.41, 5.74) is 0. The first-order valence-electron chi connectivity index (χ1n) is 5.87. The van der Waals surface area contributed by atoms with Gasteiger partial charge in [0.25, 0.3) is 0 Å². The largest absolute Gasteiger partial charge is 0.317 e. The van der Waals surface area contributed by atoms with Crippen molar-refractivity contribution in [3.63, 3.8) is 0 Å². The zero-order chi connectivity index (χ0) is 10.2. The molecule has 1 fully saturated rings. The topological polar surface area (TPSA) is 24.1 Å². The van der Waals surface area contributed by atoms with E-state index in [0.717, 1.165) is 6.04 Å². The van der Waals surface area contributed by atoms with Gasteiger partial charge in [0.2, 0.25) is 0 Å². The average molecular weight is 216 g/mol. The molecule has 1 rings (SSSR count). The molecule has 1 atom stereocenters. The van der Waals surface area contributed by atoms with Crippen LogP contribution in [0, 0.1) is 0 Å². The van der Waals surface area contributed by atoms with Crippen LogP contribution in [0.3, 0.4) is 0 Å². The summed E-state index contributed by atoms with van der Waals surface area (Å²) in [4.78, 5) is 0. The number of piperidine rings is 1. The standard InChI is InChI=1S/C11H24N2S/c1-3-14-9-6-10(2)13-11-4-7-12-8-5-11/h10-13H,3-9H2,1-2H3. The van der Waals surface area contributed by atoms with Crippen LogP contribution < -0.4 is 10.6 Å². The monoisotopic (exact) mass is 216 g/mol. The van der Waals surface area contributed by atoms with E-state index in [1.807, 2.05) is 11.8 Å². The van der Waals surface area contributed by atoms with E-state index in [2.05, 4.69) is 24.5 Å². The number of thioether (sulfide) groups is 1. The van der Waals surface area contributed by atoms with Crippen molar-refractivity contribution in [2.45, 2.75) is 45.2 Å². The highest BCUT2D eigenvalue weighted by Crippen LogP contribution is 2.07. The Morgan fingerprint density at radius 2 is 2.14 bits per heavy atom. The Bertz CT molecular complexity index is 135. The van der Waals surface area contributed by atoms with Crippen LogP contribution in [0.5, 0.6) is 0 Å². The van der Waals surface area contributed by atoms with Crippen molar-refractivity contribution in [3.05, 3.63) is 0 Å². The van der Waals surface area contributed by atoms with E-state index in [1.165, 1.54) is 43.9 Å². The highest BCUT2D eigenvalue weighted by atomic mass is 32.2. The van der Waals surface area contributed by atoms with Crippen molar-refractivity contribution in [1.82, 2.24) is 10.6 Å². The second-order valence-corrected chi connectivity index (χ2v) is 5.47. The third-order valence-electron chi connectivity index (χ3n) is 2.76. The summed E-state index contributed by atoms with van der Waals surface area (Å²) in [5.74, 6) is 2.55. The molecule has 0 amide bonds. The van der Waals surface area contributed by atoms with Gasteiger partial charge in [-0.2, -0.15) is 11.8 Å². The number of rotatable bonds is 6. The van der Waals surface area contributed by atoms with Gasteiger partial charge in [-0.1, -0.05) is 6.92 Å². The normalized spacial score (nSPS) is 21.0. The lowest BCUT2D eigenvalue weighted by atomic mass is 10.1. The molecule has 0 spiro atoms. The van der Waals surface area contributed by atoms with Crippen molar-refractivity contribution in [2.75, 3.05) is 24.6 Å². The summed E-state index contributed by atoms with van der Waals surface area (Å²) in [7, 11) is 0. The molecule has 0 radical (unpaired) electrons. The minimum atomic E-state index is 0.692. The fourth-order valence-corrected chi connectivity index (χ4v) is 2.69. The maximum absolute atomic E-state index is 3.72. The van der Waals surface area contributed by atoms with Crippen LogP contribution in [0.2, 0.25) is 0 Å². The number of nitrogens with one attached hydrogen (secondary N) is 2. The van der Waals surface area contributed by atoms with Gasteiger partial charge in [0.1, 0.15) is 0 Å². The quantitative estimate of drug-likeness (QED) is 0.663. The predicted molar refractivity (Wildman–Crippen MR) is 66.1 cm³/mol. The minimum Gasteiger partial charge on any atom is -0.317 e. The third kappa shape index (κ3) is 5.23. The smallest absolute Gasteiger partial charge is 0.00937 e. The SMILES string of the molecule is CCSCCC(C)NC1CCNCC1. The lowest BCUT2D eigenvalue weighted by Crippen LogP contribution is -2.43. The fourth-order valence-electron chi connectivity index (χ4n) is 1.88. The molecule has 0 aromatic rings. The van der Waals surface area contributed by atoms with Crippen molar-refractivity contribution < 1.29 is 0 Å². The van der Waals surface area contributed by atoms with E-state index < -0.39 is 0 Å². The van der Waals surface area contributed by atoms with Gasteiger partial charge in [0, 0.05) is 12.1 Å². The van der Waals surface area contributed by atoms with Gasteiger partial charge in [-0.05, 0) is 50.8 Å². The first-order valence-corrected chi connectivity index (χ1v) is 7.03. The third-order valence-corrected chi connectivity index (χ3v) is 3.69. The van der Waals surface area contributed by atoms with Crippen LogP contribution >= 0.6 is 11.8 Å². The molecule has 14 heavy (non-hydrogen) atoms. The lowest BCUT2D eigenvalue weighted by molar-refractivity contribution is 0.353. The molecule has 84 valence electrons. The van der Waals surface area contributed by atoms with Crippen molar-refractivity contribution >= 4 is 11.8 Å². The number of hydrogen-bond donors (Lipinski definition) is 2. The van der Waals surface area contributed by atoms with E-state index in [1.54, 1.807) is 0 Å². The Kier molecular flexibility index (Phi) is 6.65. The second-order valence-electron chi connectivity index (χ2n) is 4.08. The molecule has 2 N–H and O–H groups in total. The van der Waals surface area contributed by atoms with Crippen LogP contribution in [0.4, 0.5) is 0 Å². The first kappa shape index (κ1) is 12.3. The molecule has 3 heteroatoms. The molecule has 1 heterocycles. The molecule has 1 saturated heterocycles. The van der Waals surface area contributed by atoms with Gasteiger partial charge in [0.15, 0.2) is 0 Å². The van der Waals surface area contributed by atoms with Gasteiger partial charge in [-0.25, -0.2) is 0 Å². The van der Waals surface area contributed by atoms with E-state index in [0.29, 0.717) is 6.04 Å². The van der Waals surface area contributed by atoms with E-state index >= 15 is 0 Å². The van der Waals surface area contributed by atoms with Gasteiger partial charge in [0.05, 0.1) is 0 Å². The molecule has 0 bridgehead atoms. The molecule has 1 aliphatic rings. The maximum atomic E-state index is 3.72. The summed E-state index contributed by atoms with van der Waals surface area (Å²) in [6, 6.07) is 1.45. The van der Waals surface area contributed by atoms with E-state index in [-0.39, 0.29) is 0 Å². The molecule has 0 aliphatic carbocycles. The highest BCUT2D eigenvalue weighted by molar-refractivity contribution is 7.99. The molecule has 0 aromatic carbocycles. The van der Waals surface area contributed by atoms with E-state index in [9.17, 15) is 0 Å². The van der Waals surface area contributed by atoms with Crippen LogP contribution in [0.25, 0.3) is 0 Å². The molecule has 0 aromatic heterocycles. The summed E-state index contributed by atoms with van der Waals surface area (Å²) < 4.78 is 0. The van der Waals surface area contributed by atoms with Gasteiger partial charge < -0.3 is 10.6 Å². The Hall–Kier alpha value is 0.270. The highest BCUT2D eigenvalue weighted by Gasteiger charge is 2.14. The minimum absolute atomic E-state index is 0.692. The van der Waals surface area contributed by atoms with Crippen LogP contribution in [-0.2, 0) is 0 Å². The van der Waals surface area contributed by atoms with Gasteiger partial charge in [-0.15, -0.1) is 0 Å². The molecule has 2 nitrogen and oxygen atoms in total. The summed E-state index contributed by atoms with van der Waals surface area (Å²) in [5, 5.41) is 7.12. The Morgan fingerprint density at radius 3 is 2.79 bits per heavy atom. The first-order chi connectivity index (χ1) is 6.83. The van der Waals surface area contributed by atoms with E-state index in [4.69, 9.17) is 0 Å². The molecule has 1 unspecified atom stereocenters. The molecule has 0 saturated carbocycles. The van der Waals surface area contributed by atoms with Gasteiger partial charge in [-0.3, -0.25) is 0 Å². The Labute approximate surface area is 92.6 Å². The summed E-state index contributed by atoms with van der Waals surface area (Å²) >= 11 is 2.05. The average Bonchev–Trinajstić information content (AvgIpc) is 2.20. The molecule has 1 aliphatic heterocycles. The number of hydrogen-bond acceptors (Lipinski definition) is 3. The fraction of sp³-hybridized carbons (Fsp3) is 1.00. The lowest BCUT2D eigenvalue weighted by Gasteiger charge is -2.27. The summed E-state index contributed by atoms with van der Waals surface area (Å²) in [6.45, 7) is 6.93. The molecular formula is C11H24N2S. The van der Waals surface area contributed by atoms with Crippen molar-refractivity contribution in [1.29, 1.82) is 0 Å². The Morgan fingerprint density at radius 1 is 1.43 bits per heavy atom. The van der Waals surface area contributed by atoms with Crippen LogP contribution in [0.1, 0.15) is 33.1 Å². The van der Waals surface area contributed by atoms with Gasteiger partial charge >= 0.3 is 0 Å². The van der Waals surface area contributed by atoms with Crippen molar-refractivity contribution in [2.24, 2.45) is 0 Å².